The molecule has 0 spiro atoms. The Balaban J connectivity index is 2.53. The topological polar surface area (TPSA) is 58.3 Å². The van der Waals surface area contributed by atoms with Crippen LogP contribution in [0.3, 0.4) is 0 Å². The lowest BCUT2D eigenvalue weighted by Gasteiger charge is -1.84. The zero-order chi connectivity index (χ0) is 7.68. The smallest absolute Gasteiger partial charge is 0.131 e. The minimum Gasteiger partial charge on any atom is -0.131 e. The highest BCUT2D eigenvalue weighted by Gasteiger charge is 2.11. The fourth-order valence-corrected chi connectivity index (χ4v) is 1.41. The number of H-pyrrole nitrogens is 1. The molecule has 0 amide bonds. The summed E-state index contributed by atoms with van der Waals surface area (Å²) in [5.74, 6) is 0.806. The molecule has 0 saturated heterocycles. The number of aromatic amines is 1. The zero-order valence-corrected chi connectivity index (χ0v) is 6.67. The Morgan fingerprint density at radius 1 is 1.64 bits per heavy atom. The van der Waals surface area contributed by atoms with Gasteiger partial charge in [0.05, 0.1) is 6.20 Å². The number of tetrazole rings is 1. The predicted molar refractivity (Wildman–Crippen MR) is 38.3 cm³/mol. The molecule has 6 heteroatoms. The standard InChI is InChI=1S/C5H5N5S/c1-4-7-8-9-10(4)5-6-2-3-11-5/h2-3H,1H3/p+1. The number of thiazole rings is 1. The van der Waals surface area contributed by atoms with Gasteiger partial charge in [0, 0.05) is 17.4 Å². The average Bonchev–Trinajstić information content (AvgIpc) is 2.55. The molecule has 5 nitrogen and oxygen atoms in total. The molecular formula is C5H6N5S+. The molecule has 2 heterocycles. The molecule has 0 bridgehead atoms. The first-order chi connectivity index (χ1) is 5.38. The first-order valence-corrected chi connectivity index (χ1v) is 3.95. The minimum atomic E-state index is 0.806. The van der Waals surface area contributed by atoms with E-state index in [9.17, 15) is 0 Å². The van der Waals surface area contributed by atoms with E-state index in [2.05, 4.69) is 20.5 Å². The van der Waals surface area contributed by atoms with E-state index in [-0.39, 0.29) is 0 Å². The van der Waals surface area contributed by atoms with Crippen molar-refractivity contribution >= 4 is 11.3 Å². The molecule has 2 rings (SSSR count). The molecule has 0 radical (unpaired) electrons. The van der Waals surface area contributed by atoms with Gasteiger partial charge in [-0.15, -0.1) is 9.67 Å². The molecule has 0 aliphatic carbocycles. The van der Waals surface area contributed by atoms with Crippen LogP contribution in [0.2, 0.25) is 0 Å². The van der Waals surface area contributed by atoms with Gasteiger partial charge in [-0.2, -0.15) is 0 Å². The third-order valence-corrected chi connectivity index (χ3v) is 2.03. The van der Waals surface area contributed by atoms with E-state index in [0.717, 1.165) is 11.0 Å². The van der Waals surface area contributed by atoms with E-state index >= 15 is 0 Å². The number of rotatable bonds is 1. The Morgan fingerprint density at radius 3 is 3.09 bits per heavy atom. The maximum atomic E-state index is 4.09. The van der Waals surface area contributed by atoms with Gasteiger partial charge in [-0.3, -0.25) is 0 Å². The Hall–Kier alpha value is -1.30. The third kappa shape index (κ3) is 1.01. The highest BCUT2D eigenvalue weighted by atomic mass is 32.1. The van der Waals surface area contributed by atoms with Crippen LogP contribution >= 0.6 is 11.3 Å². The van der Waals surface area contributed by atoms with Gasteiger partial charge in [-0.1, -0.05) is 16.6 Å². The van der Waals surface area contributed by atoms with E-state index in [1.54, 1.807) is 10.9 Å². The monoisotopic (exact) mass is 168 g/mol. The predicted octanol–water partition coefficient (Wildman–Crippen LogP) is -0.154. The number of nitrogens with one attached hydrogen (secondary N) is 1. The summed E-state index contributed by atoms with van der Waals surface area (Å²) in [6.07, 6.45) is 1.74. The largest absolute Gasteiger partial charge is 0.312 e. The van der Waals surface area contributed by atoms with Gasteiger partial charge in [0.2, 0.25) is 0 Å². The first-order valence-electron chi connectivity index (χ1n) is 3.07. The number of nitrogens with zero attached hydrogens (tertiary/aromatic N) is 4. The van der Waals surface area contributed by atoms with Crippen LogP contribution < -0.4 is 4.68 Å². The average molecular weight is 168 g/mol. The van der Waals surface area contributed by atoms with Gasteiger partial charge >= 0.3 is 5.13 Å². The van der Waals surface area contributed by atoms with Crippen molar-refractivity contribution in [1.29, 1.82) is 0 Å². The Kier molecular flexibility index (Phi) is 1.39. The summed E-state index contributed by atoms with van der Waals surface area (Å²) >= 11 is 1.54. The number of aromatic nitrogens is 5. The highest BCUT2D eigenvalue weighted by Crippen LogP contribution is 2.01. The fraction of sp³-hybridized carbons (Fsp3) is 0.200. The van der Waals surface area contributed by atoms with Crippen LogP contribution in [-0.2, 0) is 0 Å². The van der Waals surface area contributed by atoms with Crippen molar-refractivity contribution in [2.75, 3.05) is 0 Å². The van der Waals surface area contributed by atoms with Crippen LogP contribution in [-0.4, -0.2) is 20.5 Å². The van der Waals surface area contributed by atoms with Gasteiger partial charge in [0.15, 0.2) is 0 Å². The number of hydrogen-bond acceptors (Lipinski definition) is 4. The van der Waals surface area contributed by atoms with E-state index in [4.69, 9.17) is 0 Å². The van der Waals surface area contributed by atoms with Crippen molar-refractivity contribution in [3.8, 4) is 5.13 Å². The molecule has 0 aliphatic heterocycles. The van der Waals surface area contributed by atoms with Gasteiger partial charge < -0.3 is 0 Å². The summed E-state index contributed by atoms with van der Waals surface area (Å²) in [6, 6.07) is 0. The van der Waals surface area contributed by atoms with Gasteiger partial charge in [-0.25, -0.2) is 0 Å². The normalized spacial score (nSPS) is 10.3. The van der Waals surface area contributed by atoms with Crippen molar-refractivity contribution in [2.45, 2.75) is 6.92 Å². The third-order valence-electron chi connectivity index (χ3n) is 1.27. The lowest BCUT2D eigenvalue weighted by molar-refractivity contribution is -0.666. The van der Waals surface area contributed by atoms with Gasteiger partial charge in [-0.05, 0) is 0 Å². The molecule has 11 heavy (non-hydrogen) atoms. The Bertz CT molecular complexity index is 337. The highest BCUT2D eigenvalue weighted by molar-refractivity contribution is 7.11. The molecule has 56 valence electrons. The molecular weight excluding hydrogens is 162 g/mol. The first kappa shape index (κ1) is 6.41. The Labute approximate surface area is 66.7 Å². The Morgan fingerprint density at radius 2 is 2.55 bits per heavy atom. The molecule has 0 fully saturated rings. The molecule has 0 saturated carbocycles. The second-order valence-electron chi connectivity index (χ2n) is 2.00. The summed E-state index contributed by atoms with van der Waals surface area (Å²) < 4.78 is 1.73. The van der Waals surface area contributed by atoms with Crippen molar-refractivity contribution in [2.24, 2.45) is 0 Å². The van der Waals surface area contributed by atoms with E-state index in [0.29, 0.717) is 0 Å². The van der Waals surface area contributed by atoms with Crippen LogP contribution in [0.5, 0.6) is 0 Å². The molecule has 2 aromatic heterocycles. The summed E-state index contributed by atoms with van der Waals surface area (Å²) in [7, 11) is 0. The molecule has 1 N–H and O–H groups in total. The molecule has 0 unspecified atom stereocenters. The van der Waals surface area contributed by atoms with E-state index in [1.165, 1.54) is 11.3 Å². The zero-order valence-electron chi connectivity index (χ0n) is 5.85. The lowest BCUT2D eigenvalue weighted by atomic mass is 10.7. The number of aryl methyl sites for hydroxylation is 1. The van der Waals surface area contributed by atoms with Crippen molar-refractivity contribution < 1.29 is 4.68 Å². The maximum absolute atomic E-state index is 4.09. The van der Waals surface area contributed by atoms with Crippen molar-refractivity contribution in [3.63, 3.8) is 0 Å². The van der Waals surface area contributed by atoms with Gasteiger partial charge in [0.1, 0.15) is 5.21 Å². The summed E-state index contributed by atoms with van der Waals surface area (Å²) in [5.41, 5.74) is 0. The fourth-order valence-electron chi connectivity index (χ4n) is 0.764. The van der Waals surface area contributed by atoms with E-state index < -0.39 is 0 Å². The molecule has 0 aromatic carbocycles. The SMILES string of the molecule is Cc1nn[nH][n+]1-c1nccs1. The maximum Gasteiger partial charge on any atom is 0.312 e. The molecule has 2 aromatic rings. The van der Waals surface area contributed by atoms with Crippen LogP contribution in [0.1, 0.15) is 5.82 Å². The molecule has 0 atom stereocenters. The van der Waals surface area contributed by atoms with Crippen LogP contribution in [0.15, 0.2) is 11.6 Å². The van der Waals surface area contributed by atoms with Crippen LogP contribution in [0.25, 0.3) is 5.13 Å². The lowest BCUT2D eigenvalue weighted by Crippen LogP contribution is -2.35. The summed E-state index contributed by atoms with van der Waals surface area (Å²) in [5, 5.41) is 12.9. The minimum absolute atomic E-state index is 0.806. The molecule has 0 aliphatic rings. The van der Waals surface area contributed by atoms with Gasteiger partial charge in [0.25, 0.3) is 5.82 Å². The number of hydrogen-bond donors (Lipinski definition) is 1. The second-order valence-corrected chi connectivity index (χ2v) is 2.87. The van der Waals surface area contributed by atoms with Crippen LogP contribution in [0, 0.1) is 6.92 Å². The van der Waals surface area contributed by atoms with Crippen LogP contribution in [0.4, 0.5) is 0 Å². The van der Waals surface area contributed by atoms with Crippen molar-refractivity contribution in [3.05, 3.63) is 17.4 Å². The van der Waals surface area contributed by atoms with E-state index in [1.807, 2.05) is 12.3 Å². The summed E-state index contributed by atoms with van der Waals surface area (Å²) in [6.45, 7) is 1.87. The quantitative estimate of drug-likeness (QED) is 0.602. The second kappa shape index (κ2) is 2.39. The van der Waals surface area contributed by atoms with Crippen molar-refractivity contribution in [1.82, 2.24) is 20.5 Å². The summed E-state index contributed by atoms with van der Waals surface area (Å²) in [4.78, 5) is 4.09.